The molecule has 2 aromatic carbocycles. The van der Waals surface area contributed by atoms with E-state index in [2.05, 4.69) is 9.98 Å². The summed E-state index contributed by atoms with van der Waals surface area (Å²) >= 11 is 0. The number of carbonyl (C=O) groups is 1. The summed E-state index contributed by atoms with van der Waals surface area (Å²) in [6.45, 7) is 0. The van der Waals surface area contributed by atoms with Crippen LogP contribution in [0.5, 0.6) is 11.5 Å². The second-order valence-corrected chi connectivity index (χ2v) is 4.85. The minimum Gasteiger partial charge on any atom is -0.506 e. The molecule has 0 spiro atoms. The Morgan fingerprint density at radius 1 is 1.17 bits per heavy atom. The van der Waals surface area contributed by atoms with Crippen molar-refractivity contribution in [2.45, 2.75) is 0 Å². The highest BCUT2D eigenvalue weighted by Crippen LogP contribution is 2.30. The quantitative estimate of drug-likeness (QED) is 0.591. The highest BCUT2D eigenvalue weighted by molar-refractivity contribution is 6.36. The molecule has 3 rings (SSSR count). The van der Waals surface area contributed by atoms with Crippen molar-refractivity contribution in [3.63, 3.8) is 0 Å². The number of hydrogen-bond donors (Lipinski definition) is 1. The van der Waals surface area contributed by atoms with E-state index < -0.39 is 0 Å². The average Bonchev–Trinajstić information content (AvgIpc) is 2.61. The second-order valence-electron chi connectivity index (χ2n) is 4.85. The van der Waals surface area contributed by atoms with Gasteiger partial charge < -0.3 is 9.84 Å². The van der Waals surface area contributed by atoms with Gasteiger partial charge in [0.25, 0.3) is 0 Å². The zero-order chi connectivity index (χ0) is 16.2. The number of aromatic nitrogens is 1. The van der Waals surface area contributed by atoms with Crippen LogP contribution >= 0.6 is 0 Å². The van der Waals surface area contributed by atoms with E-state index in [1.807, 2.05) is 0 Å². The molecule has 1 N–H and O–H groups in total. The van der Waals surface area contributed by atoms with Gasteiger partial charge in [-0.2, -0.15) is 0 Å². The van der Waals surface area contributed by atoms with Gasteiger partial charge in [-0.15, -0.1) is 0 Å². The molecule has 0 aliphatic rings. The summed E-state index contributed by atoms with van der Waals surface area (Å²) < 4.78 is 5.06. The first kappa shape index (κ1) is 14.7. The monoisotopic (exact) mass is 306 g/mol. The summed E-state index contributed by atoms with van der Waals surface area (Å²) in [5.41, 5.74) is 1.56. The van der Waals surface area contributed by atoms with Crippen molar-refractivity contribution in [2.24, 2.45) is 4.99 Å². The van der Waals surface area contributed by atoms with Crippen LogP contribution in [0.2, 0.25) is 0 Å². The van der Waals surface area contributed by atoms with Crippen LogP contribution in [0.25, 0.3) is 10.9 Å². The first-order valence-electron chi connectivity index (χ1n) is 6.98. The maximum absolute atomic E-state index is 12.2. The number of methoxy groups -OCH3 is 1. The van der Waals surface area contributed by atoms with E-state index in [1.165, 1.54) is 12.3 Å². The van der Waals surface area contributed by atoms with Crippen molar-refractivity contribution in [1.82, 2.24) is 4.98 Å². The van der Waals surface area contributed by atoms with Crippen LogP contribution in [-0.4, -0.2) is 29.2 Å². The Balaban J connectivity index is 1.90. The summed E-state index contributed by atoms with van der Waals surface area (Å²) in [5.74, 6) is 0.563. The lowest BCUT2D eigenvalue weighted by atomic mass is 10.1. The van der Waals surface area contributed by atoms with E-state index in [1.54, 1.807) is 55.8 Å². The van der Waals surface area contributed by atoms with Crippen molar-refractivity contribution in [2.75, 3.05) is 7.11 Å². The van der Waals surface area contributed by atoms with Crippen LogP contribution in [0.3, 0.4) is 0 Å². The standard InChI is InChI=1S/C18H14N2O3/c1-23-13-6-4-12(5-7-13)17(22)11-20-15-8-9-16(21)18-14(15)3-2-10-19-18/h2-11,21H,1H3. The van der Waals surface area contributed by atoms with Crippen LogP contribution in [-0.2, 0) is 0 Å². The summed E-state index contributed by atoms with van der Waals surface area (Å²) in [6, 6.07) is 13.5. The summed E-state index contributed by atoms with van der Waals surface area (Å²) in [4.78, 5) is 20.5. The number of hydrogen-bond acceptors (Lipinski definition) is 5. The van der Waals surface area contributed by atoms with Gasteiger partial charge in [0.2, 0.25) is 5.78 Å². The molecule has 0 fully saturated rings. The zero-order valence-corrected chi connectivity index (χ0v) is 12.4. The smallest absolute Gasteiger partial charge is 0.204 e. The van der Waals surface area contributed by atoms with E-state index in [-0.39, 0.29) is 11.5 Å². The van der Waals surface area contributed by atoms with E-state index in [4.69, 9.17) is 4.74 Å². The molecule has 0 saturated carbocycles. The number of aromatic hydroxyl groups is 1. The van der Waals surface area contributed by atoms with Crippen LogP contribution in [0.1, 0.15) is 10.4 Å². The molecule has 23 heavy (non-hydrogen) atoms. The molecule has 1 heterocycles. The van der Waals surface area contributed by atoms with E-state index in [0.717, 1.165) is 0 Å². The van der Waals surface area contributed by atoms with E-state index in [9.17, 15) is 9.90 Å². The molecule has 0 unspecified atom stereocenters. The topological polar surface area (TPSA) is 71.8 Å². The molecule has 0 saturated heterocycles. The number of rotatable bonds is 4. The number of pyridine rings is 1. The fourth-order valence-corrected chi connectivity index (χ4v) is 2.21. The van der Waals surface area contributed by atoms with Crippen molar-refractivity contribution in [1.29, 1.82) is 0 Å². The van der Waals surface area contributed by atoms with Gasteiger partial charge in [-0.25, -0.2) is 0 Å². The third kappa shape index (κ3) is 3.03. The molecule has 5 nitrogen and oxygen atoms in total. The third-order valence-electron chi connectivity index (χ3n) is 3.42. The fraction of sp³-hybridized carbons (Fsp3) is 0.0556. The predicted molar refractivity (Wildman–Crippen MR) is 88.9 cm³/mol. The summed E-state index contributed by atoms with van der Waals surface area (Å²) in [7, 11) is 1.57. The summed E-state index contributed by atoms with van der Waals surface area (Å²) in [6.07, 6.45) is 2.86. The Hall–Kier alpha value is -3.21. The Morgan fingerprint density at radius 3 is 2.70 bits per heavy atom. The number of benzene rings is 2. The zero-order valence-electron chi connectivity index (χ0n) is 12.4. The van der Waals surface area contributed by atoms with Gasteiger partial charge in [0.1, 0.15) is 17.0 Å². The molecule has 3 aromatic rings. The Bertz CT molecular complexity index is 886. The van der Waals surface area contributed by atoms with Gasteiger partial charge in [-0.3, -0.25) is 14.8 Å². The fourth-order valence-electron chi connectivity index (χ4n) is 2.21. The number of phenols is 1. The number of nitrogens with zero attached hydrogens (tertiary/aromatic N) is 2. The minimum absolute atomic E-state index is 0.0843. The molecular weight excluding hydrogens is 292 g/mol. The van der Waals surface area contributed by atoms with Crippen LogP contribution < -0.4 is 4.74 Å². The normalized spacial score (nSPS) is 11.0. The maximum atomic E-state index is 12.2. The third-order valence-corrected chi connectivity index (χ3v) is 3.42. The highest BCUT2D eigenvalue weighted by Gasteiger charge is 2.06. The lowest BCUT2D eigenvalue weighted by molar-refractivity contribution is 0.107. The number of fused-ring (bicyclic) bond motifs is 1. The van der Waals surface area contributed by atoms with Gasteiger partial charge in [-0.1, -0.05) is 0 Å². The van der Waals surface area contributed by atoms with Crippen molar-refractivity contribution in [3.8, 4) is 11.5 Å². The molecular formula is C18H14N2O3. The largest absolute Gasteiger partial charge is 0.506 e. The number of Topliss-reactive ketones (excluding diaryl/α,β-unsaturated/α-hetero) is 1. The first-order chi connectivity index (χ1) is 11.2. The molecule has 0 radical (unpaired) electrons. The molecule has 114 valence electrons. The lowest BCUT2D eigenvalue weighted by Gasteiger charge is -2.03. The lowest BCUT2D eigenvalue weighted by Crippen LogP contribution is -1.99. The number of ether oxygens (including phenoxy) is 1. The minimum atomic E-state index is -0.210. The number of carbonyl (C=O) groups excluding carboxylic acids is 1. The van der Waals surface area contributed by atoms with Gasteiger partial charge in [0.15, 0.2) is 0 Å². The van der Waals surface area contributed by atoms with Crippen LogP contribution in [0, 0.1) is 0 Å². The van der Waals surface area contributed by atoms with Crippen molar-refractivity contribution in [3.05, 3.63) is 60.3 Å². The molecule has 0 aliphatic carbocycles. The Morgan fingerprint density at radius 2 is 1.96 bits per heavy atom. The molecule has 0 amide bonds. The van der Waals surface area contributed by atoms with Crippen molar-refractivity contribution < 1.29 is 14.6 Å². The van der Waals surface area contributed by atoms with Gasteiger partial charge in [-0.05, 0) is 48.5 Å². The van der Waals surface area contributed by atoms with Gasteiger partial charge >= 0.3 is 0 Å². The maximum Gasteiger partial charge on any atom is 0.204 e. The van der Waals surface area contributed by atoms with E-state index in [0.29, 0.717) is 27.9 Å². The predicted octanol–water partition coefficient (Wildman–Crippen LogP) is 3.53. The van der Waals surface area contributed by atoms with Gasteiger partial charge in [0.05, 0.1) is 19.0 Å². The highest BCUT2D eigenvalue weighted by atomic mass is 16.5. The van der Waals surface area contributed by atoms with Crippen LogP contribution in [0.15, 0.2) is 59.7 Å². The Kier molecular flexibility index (Phi) is 4.01. The molecule has 1 aromatic heterocycles. The number of ketones is 1. The number of aliphatic imine (C=N–C) groups is 1. The van der Waals surface area contributed by atoms with Gasteiger partial charge in [0, 0.05) is 17.1 Å². The Labute approximate surface area is 132 Å². The molecule has 0 atom stereocenters. The second kappa shape index (κ2) is 6.27. The average molecular weight is 306 g/mol. The van der Waals surface area contributed by atoms with Crippen molar-refractivity contribution >= 4 is 28.6 Å². The first-order valence-corrected chi connectivity index (χ1v) is 6.98. The molecule has 5 heteroatoms. The van der Waals surface area contributed by atoms with E-state index >= 15 is 0 Å². The summed E-state index contributed by atoms with van der Waals surface area (Å²) in [5, 5.41) is 10.5. The molecule has 0 bridgehead atoms. The molecule has 0 aliphatic heterocycles. The number of phenolic OH excluding ortho intramolecular Hbond substituents is 1. The SMILES string of the molecule is COc1ccc(C(=O)C=Nc2ccc(O)c3ncccc23)cc1. The van der Waals surface area contributed by atoms with Crippen LogP contribution in [0.4, 0.5) is 5.69 Å².